The molecule has 6 nitrogen and oxygen atoms in total. The van der Waals surface area contributed by atoms with Gasteiger partial charge in [-0.1, -0.05) is 0 Å². The third-order valence-electron chi connectivity index (χ3n) is 2.65. The number of carboxylic acid groups (broad SMARTS) is 1. The maximum absolute atomic E-state index is 10.7. The van der Waals surface area contributed by atoms with Gasteiger partial charge in [0, 0.05) is 5.92 Å². The average molecular weight is 239 g/mol. The second kappa shape index (κ2) is 4.50. The van der Waals surface area contributed by atoms with Crippen LogP contribution in [0, 0.1) is 0 Å². The van der Waals surface area contributed by atoms with Gasteiger partial charge < -0.3 is 25.4 Å². The van der Waals surface area contributed by atoms with E-state index in [-0.39, 0.29) is 31.4 Å². The van der Waals surface area contributed by atoms with Crippen molar-refractivity contribution >= 4 is 5.97 Å². The first-order chi connectivity index (χ1) is 8.11. The van der Waals surface area contributed by atoms with E-state index in [2.05, 4.69) is 0 Å². The van der Waals surface area contributed by atoms with E-state index >= 15 is 0 Å². The quantitative estimate of drug-likeness (QED) is 0.712. The van der Waals surface area contributed by atoms with E-state index in [0.29, 0.717) is 17.1 Å². The van der Waals surface area contributed by atoms with Crippen molar-refractivity contribution in [3.8, 4) is 17.2 Å². The molecule has 17 heavy (non-hydrogen) atoms. The van der Waals surface area contributed by atoms with Crippen molar-refractivity contribution in [2.24, 2.45) is 5.73 Å². The third kappa shape index (κ3) is 2.26. The fourth-order valence-electron chi connectivity index (χ4n) is 1.80. The van der Waals surface area contributed by atoms with Crippen molar-refractivity contribution in [3.63, 3.8) is 0 Å². The molecule has 1 heterocycles. The Morgan fingerprint density at radius 2 is 2.24 bits per heavy atom. The SMILES string of the molecule is NCC(CC(=O)O)c1cc(O)c2c(c1)OCO2. The zero-order chi connectivity index (χ0) is 12.4. The van der Waals surface area contributed by atoms with E-state index in [9.17, 15) is 9.90 Å². The lowest BCUT2D eigenvalue weighted by Gasteiger charge is -2.13. The summed E-state index contributed by atoms with van der Waals surface area (Å²) >= 11 is 0. The van der Waals surface area contributed by atoms with E-state index in [1.54, 1.807) is 6.07 Å². The van der Waals surface area contributed by atoms with Gasteiger partial charge >= 0.3 is 5.97 Å². The van der Waals surface area contributed by atoms with Gasteiger partial charge in [-0.2, -0.15) is 0 Å². The van der Waals surface area contributed by atoms with Gasteiger partial charge in [-0.3, -0.25) is 4.79 Å². The van der Waals surface area contributed by atoms with E-state index in [4.69, 9.17) is 20.3 Å². The molecule has 0 aliphatic carbocycles. The van der Waals surface area contributed by atoms with Crippen molar-refractivity contribution in [1.29, 1.82) is 0 Å². The summed E-state index contributed by atoms with van der Waals surface area (Å²) in [5.41, 5.74) is 6.17. The number of ether oxygens (including phenoxy) is 2. The van der Waals surface area contributed by atoms with Crippen molar-refractivity contribution in [2.75, 3.05) is 13.3 Å². The Bertz CT molecular complexity index is 446. The molecule has 0 fully saturated rings. The Labute approximate surface area is 97.6 Å². The molecule has 0 aromatic heterocycles. The van der Waals surface area contributed by atoms with Crippen LogP contribution in [0.25, 0.3) is 0 Å². The number of aromatic hydroxyl groups is 1. The summed E-state index contributed by atoms with van der Waals surface area (Å²) in [7, 11) is 0. The molecule has 2 rings (SSSR count). The lowest BCUT2D eigenvalue weighted by Crippen LogP contribution is -2.16. The van der Waals surface area contributed by atoms with Crippen LogP contribution in [0.5, 0.6) is 17.2 Å². The number of hydrogen-bond donors (Lipinski definition) is 3. The molecule has 0 saturated carbocycles. The molecule has 0 bridgehead atoms. The summed E-state index contributed by atoms with van der Waals surface area (Å²) in [6.45, 7) is 0.240. The molecule has 1 unspecified atom stereocenters. The highest BCUT2D eigenvalue weighted by Gasteiger charge is 2.22. The second-order valence-electron chi connectivity index (χ2n) is 3.80. The van der Waals surface area contributed by atoms with Crippen LogP contribution in [0.3, 0.4) is 0 Å². The largest absolute Gasteiger partial charge is 0.504 e. The molecule has 1 aromatic carbocycles. The van der Waals surface area contributed by atoms with Crippen molar-refractivity contribution in [2.45, 2.75) is 12.3 Å². The predicted molar refractivity (Wildman–Crippen MR) is 58.3 cm³/mol. The molecule has 0 spiro atoms. The van der Waals surface area contributed by atoms with Crippen LogP contribution in [0.4, 0.5) is 0 Å². The molecular weight excluding hydrogens is 226 g/mol. The van der Waals surface area contributed by atoms with Gasteiger partial charge in [0.05, 0.1) is 6.42 Å². The maximum atomic E-state index is 10.7. The first kappa shape index (κ1) is 11.5. The Morgan fingerprint density at radius 3 is 2.88 bits per heavy atom. The first-order valence-corrected chi connectivity index (χ1v) is 5.16. The minimum atomic E-state index is -0.933. The van der Waals surface area contributed by atoms with Crippen LogP contribution in [0.2, 0.25) is 0 Å². The smallest absolute Gasteiger partial charge is 0.304 e. The van der Waals surface area contributed by atoms with E-state index in [1.165, 1.54) is 6.07 Å². The van der Waals surface area contributed by atoms with Crippen LogP contribution in [-0.2, 0) is 4.79 Å². The minimum Gasteiger partial charge on any atom is -0.504 e. The Hall–Kier alpha value is -1.95. The molecular formula is C11H13NO5. The number of nitrogens with two attached hydrogens (primary N) is 1. The van der Waals surface area contributed by atoms with Crippen molar-refractivity contribution in [1.82, 2.24) is 0 Å². The number of carboxylic acids is 1. The summed E-state index contributed by atoms with van der Waals surface area (Å²) in [5.74, 6) is -0.631. The normalized spacial score (nSPS) is 14.6. The topological polar surface area (TPSA) is 102 Å². The highest BCUT2D eigenvalue weighted by Crippen LogP contribution is 2.42. The number of phenols is 1. The minimum absolute atomic E-state index is 0.0541. The molecule has 1 aromatic rings. The first-order valence-electron chi connectivity index (χ1n) is 5.16. The highest BCUT2D eigenvalue weighted by atomic mass is 16.7. The fraction of sp³-hybridized carbons (Fsp3) is 0.364. The number of carbonyl (C=O) groups is 1. The number of benzene rings is 1. The van der Waals surface area contributed by atoms with Gasteiger partial charge in [0.1, 0.15) is 0 Å². The molecule has 4 N–H and O–H groups in total. The summed E-state index contributed by atoms with van der Waals surface area (Å²) < 4.78 is 10.2. The van der Waals surface area contributed by atoms with Gasteiger partial charge in [-0.15, -0.1) is 0 Å². The van der Waals surface area contributed by atoms with E-state index in [0.717, 1.165) is 0 Å². The molecule has 0 amide bonds. The van der Waals surface area contributed by atoms with Gasteiger partial charge in [0.2, 0.25) is 12.5 Å². The van der Waals surface area contributed by atoms with E-state index in [1.807, 2.05) is 0 Å². The molecule has 0 saturated heterocycles. The second-order valence-corrected chi connectivity index (χ2v) is 3.80. The lowest BCUT2D eigenvalue weighted by atomic mass is 9.95. The summed E-state index contributed by atoms with van der Waals surface area (Å²) in [6, 6.07) is 3.12. The van der Waals surface area contributed by atoms with Crippen LogP contribution < -0.4 is 15.2 Å². The molecule has 1 aliphatic rings. The van der Waals surface area contributed by atoms with E-state index < -0.39 is 5.97 Å². The number of hydrogen-bond acceptors (Lipinski definition) is 5. The third-order valence-corrected chi connectivity index (χ3v) is 2.65. The zero-order valence-corrected chi connectivity index (χ0v) is 9.05. The van der Waals surface area contributed by atoms with Gasteiger partial charge in [-0.05, 0) is 24.2 Å². The Kier molecular flexibility index (Phi) is 3.06. The van der Waals surface area contributed by atoms with Crippen LogP contribution in [0.15, 0.2) is 12.1 Å². The molecule has 92 valence electrons. The zero-order valence-electron chi connectivity index (χ0n) is 9.05. The van der Waals surface area contributed by atoms with Crippen LogP contribution in [-0.4, -0.2) is 29.5 Å². The molecule has 1 atom stereocenters. The predicted octanol–water partition coefficient (Wildman–Crippen LogP) is 0.638. The number of rotatable bonds is 4. The van der Waals surface area contributed by atoms with Crippen LogP contribution >= 0.6 is 0 Å². The molecule has 0 radical (unpaired) electrons. The average Bonchev–Trinajstić information content (AvgIpc) is 2.74. The van der Waals surface area contributed by atoms with Crippen molar-refractivity contribution in [3.05, 3.63) is 17.7 Å². The van der Waals surface area contributed by atoms with Crippen molar-refractivity contribution < 1.29 is 24.5 Å². The van der Waals surface area contributed by atoms with Crippen LogP contribution in [0.1, 0.15) is 17.9 Å². The lowest BCUT2D eigenvalue weighted by molar-refractivity contribution is -0.137. The van der Waals surface area contributed by atoms with Gasteiger partial charge in [-0.25, -0.2) is 0 Å². The Balaban J connectivity index is 2.32. The maximum Gasteiger partial charge on any atom is 0.304 e. The highest BCUT2D eigenvalue weighted by molar-refractivity contribution is 5.68. The summed E-state index contributed by atoms with van der Waals surface area (Å²) in [4.78, 5) is 10.7. The van der Waals surface area contributed by atoms with Gasteiger partial charge in [0.15, 0.2) is 11.5 Å². The molecule has 6 heteroatoms. The number of phenolic OH excluding ortho intramolecular Hbond substituents is 1. The monoisotopic (exact) mass is 239 g/mol. The fourth-order valence-corrected chi connectivity index (χ4v) is 1.80. The van der Waals surface area contributed by atoms with Gasteiger partial charge in [0.25, 0.3) is 0 Å². The Morgan fingerprint density at radius 1 is 1.47 bits per heavy atom. The molecule has 1 aliphatic heterocycles. The number of fused-ring (bicyclic) bond motifs is 1. The summed E-state index contributed by atoms with van der Waals surface area (Å²) in [6.07, 6.45) is -0.0877. The standard InChI is InChI=1S/C11H13NO5/c12-4-7(3-10(14)15)6-1-8(13)11-9(2-6)16-5-17-11/h1-2,7,13H,3-5,12H2,(H,14,15). The summed E-state index contributed by atoms with van der Waals surface area (Å²) in [5, 5.41) is 18.5. The number of aliphatic carboxylic acids is 1.